The topological polar surface area (TPSA) is 12.0 Å². The van der Waals surface area contributed by atoms with Crippen molar-refractivity contribution < 1.29 is 0 Å². The maximum atomic E-state index is 3.57. The Bertz CT molecular complexity index is 101. The van der Waals surface area contributed by atoms with Gasteiger partial charge in [-0.3, -0.25) is 0 Å². The Morgan fingerprint density at radius 3 is 2.17 bits per heavy atom. The number of nitrogens with one attached hydrogen (secondary N) is 1. The van der Waals surface area contributed by atoms with Gasteiger partial charge in [-0.05, 0) is 26.3 Å². The third kappa shape index (κ3) is 4.76. The molecule has 0 radical (unpaired) electrons. The van der Waals surface area contributed by atoms with Crippen molar-refractivity contribution in [2.45, 2.75) is 65.3 Å². The molecule has 1 unspecified atom stereocenters. The van der Waals surface area contributed by atoms with Gasteiger partial charge in [-0.25, -0.2) is 0 Å². The lowest BCUT2D eigenvalue weighted by Crippen LogP contribution is -2.41. The second-order valence-corrected chi connectivity index (χ2v) is 3.90. The van der Waals surface area contributed by atoms with Crippen LogP contribution in [0.5, 0.6) is 0 Å². The van der Waals surface area contributed by atoms with Gasteiger partial charge in [-0.15, -0.1) is 0 Å². The molecular formula is C11H25N. The van der Waals surface area contributed by atoms with E-state index in [1.165, 1.54) is 32.1 Å². The van der Waals surface area contributed by atoms with Gasteiger partial charge in [0.1, 0.15) is 0 Å². The van der Waals surface area contributed by atoms with Gasteiger partial charge in [0.15, 0.2) is 0 Å². The SMILES string of the molecule is CCCCCC(C)(CC)NCC. The van der Waals surface area contributed by atoms with Crippen molar-refractivity contribution in [2.24, 2.45) is 0 Å². The third-order valence-corrected chi connectivity index (χ3v) is 2.72. The average Bonchev–Trinajstić information content (AvgIpc) is 2.06. The zero-order valence-electron chi connectivity index (χ0n) is 9.24. The minimum Gasteiger partial charge on any atom is -0.312 e. The van der Waals surface area contributed by atoms with E-state index in [2.05, 4.69) is 33.0 Å². The molecule has 0 heterocycles. The Balaban J connectivity index is 3.63. The van der Waals surface area contributed by atoms with Gasteiger partial charge in [-0.2, -0.15) is 0 Å². The maximum Gasteiger partial charge on any atom is 0.0150 e. The molecule has 0 aromatic heterocycles. The largest absolute Gasteiger partial charge is 0.312 e. The summed E-state index contributed by atoms with van der Waals surface area (Å²) >= 11 is 0. The number of rotatable bonds is 7. The average molecular weight is 171 g/mol. The summed E-state index contributed by atoms with van der Waals surface area (Å²) in [5.41, 5.74) is 0.393. The Morgan fingerprint density at radius 1 is 1.08 bits per heavy atom. The van der Waals surface area contributed by atoms with Gasteiger partial charge in [0.25, 0.3) is 0 Å². The van der Waals surface area contributed by atoms with Crippen molar-refractivity contribution in [1.82, 2.24) is 5.32 Å². The van der Waals surface area contributed by atoms with Gasteiger partial charge in [-0.1, -0.05) is 40.0 Å². The molecule has 0 aliphatic heterocycles. The van der Waals surface area contributed by atoms with Gasteiger partial charge in [0.2, 0.25) is 0 Å². The summed E-state index contributed by atoms with van der Waals surface area (Å²) in [4.78, 5) is 0. The molecule has 0 saturated heterocycles. The van der Waals surface area contributed by atoms with Crippen LogP contribution in [-0.4, -0.2) is 12.1 Å². The fraction of sp³-hybridized carbons (Fsp3) is 1.00. The zero-order chi connectivity index (χ0) is 9.45. The maximum absolute atomic E-state index is 3.57. The highest BCUT2D eigenvalue weighted by molar-refractivity contribution is 4.80. The lowest BCUT2D eigenvalue weighted by molar-refractivity contribution is 0.315. The number of hydrogen-bond acceptors (Lipinski definition) is 1. The highest BCUT2D eigenvalue weighted by Crippen LogP contribution is 2.17. The molecule has 0 bridgehead atoms. The first-order valence-electron chi connectivity index (χ1n) is 5.43. The summed E-state index contributed by atoms with van der Waals surface area (Å²) < 4.78 is 0. The summed E-state index contributed by atoms with van der Waals surface area (Å²) in [6, 6.07) is 0. The van der Waals surface area contributed by atoms with Gasteiger partial charge < -0.3 is 5.32 Å². The van der Waals surface area contributed by atoms with Crippen molar-refractivity contribution in [3.05, 3.63) is 0 Å². The van der Waals surface area contributed by atoms with Crippen LogP contribution in [0, 0.1) is 0 Å². The minimum atomic E-state index is 0.393. The monoisotopic (exact) mass is 171 g/mol. The molecule has 0 saturated carbocycles. The molecule has 0 aromatic carbocycles. The molecular weight excluding hydrogens is 146 g/mol. The van der Waals surface area contributed by atoms with Crippen LogP contribution in [0.4, 0.5) is 0 Å². The van der Waals surface area contributed by atoms with Crippen molar-refractivity contribution in [3.8, 4) is 0 Å². The standard InChI is InChI=1S/C11H25N/c1-5-8-9-10-11(4,6-2)12-7-3/h12H,5-10H2,1-4H3. The minimum absolute atomic E-state index is 0.393. The normalized spacial score (nSPS) is 16.0. The number of unbranched alkanes of at least 4 members (excludes halogenated alkanes) is 2. The summed E-state index contributed by atoms with van der Waals surface area (Å²) in [7, 11) is 0. The molecule has 0 aliphatic carbocycles. The first-order chi connectivity index (χ1) is 5.68. The Labute approximate surface area is 77.9 Å². The van der Waals surface area contributed by atoms with Crippen molar-refractivity contribution in [3.63, 3.8) is 0 Å². The lowest BCUT2D eigenvalue weighted by atomic mass is 9.91. The van der Waals surface area contributed by atoms with Crippen LogP contribution in [0.25, 0.3) is 0 Å². The van der Waals surface area contributed by atoms with E-state index < -0.39 is 0 Å². The smallest absolute Gasteiger partial charge is 0.0150 e. The quantitative estimate of drug-likeness (QED) is 0.579. The molecule has 0 aromatic rings. The molecule has 1 heteroatoms. The molecule has 0 fully saturated rings. The summed E-state index contributed by atoms with van der Waals surface area (Å²) in [5.74, 6) is 0. The molecule has 0 spiro atoms. The fourth-order valence-corrected chi connectivity index (χ4v) is 1.58. The Kier molecular flexibility index (Phi) is 6.45. The Morgan fingerprint density at radius 2 is 1.75 bits per heavy atom. The van der Waals surface area contributed by atoms with E-state index in [0.717, 1.165) is 6.54 Å². The summed E-state index contributed by atoms with van der Waals surface area (Å²) in [6.45, 7) is 10.2. The summed E-state index contributed by atoms with van der Waals surface area (Å²) in [5, 5.41) is 3.57. The molecule has 74 valence electrons. The van der Waals surface area contributed by atoms with Gasteiger partial charge in [0.05, 0.1) is 0 Å². The summed E-state index contributed by atoms with van der Waals surface area (Å²) in [6.07, 6.45) is 6.64. The highest BCUT2D eigenvalue weighted by Gasteiger charge is 2.18. The van der Waals surface area contributed by atoms with Crippen LogP contribution in [-0.2, 0) is 0 Å². The molecule has 1 atom stereocenters. The van der Waals surface area contributed by atoms with Crippen LogP contribution >= 0.6 is 0 Å². The van der Waals surface area contributed by atoms with Crippen molar-refractivity contribution in [1.29, 1.82) is 0 Å². The van der Waals surface area contributed by atoms with E-state index in [-0.39, 0.29) is 0 Å². The van der Waals surface area contributed by atoms with E-state index in [4.69, 9.17) is 0 Å². The second-order valence-electron chi connectivity index (χ2n) is 3.90. The fourth-order valence-electron chi connectivity index (χ4n) is 1.58. The molecule has 0 aliphatic rings. The van der Waals surface area contributed by atoms with E-state index >= 15 is 0 Å². The molecule has 0 rings (SSSR count). The van der Waals surface area contributed by atoms with E-state index in [9.17, 15) is 0 Å². The third-order valence-electron chi connectivity index (χ3n) is 2.72. The van der Waals surface area contributed by atoms with Crippen LogP contribution in [0.1, 0.15) is 59.8 Å². The molecule has 1 N–H and O–H groups in total. The van der Waals surface area contributed by atoms with E-state index in [1.807, 2.05) is 0 Å². The first-order valence-corrected chi connectivity index (χ1v) is 5.43. The van der Waals surface area contributed by atoms with Crippen LogP contribution in [0.3, 0.4) is 0 Å². The lowest BCUT2D eigenvalue weighted by Gasteiger charge is -2.29. The highest BCUT2D eigenvalue weighted by atomic mass is 14.9. The molecule has 0 amide bonds. The Hall–Kier alpha value is -0.0400. The van der Waals surface area contributed by atoms with Crippen LogP contribution < -0.4 is 5.32 Å². The molecule has 12 heavy (non-hydrogen) atoms. The first kappa shape index (κ1) is 12.0. The second kappa shape index (κ2) is 6.47. The predicted octanol–water partition coefficient (Wildman–Crippen LogP) is 3.34. The van der Waals surface area contributed by atoms with Crippen LogP contribution in [0.2, 0.25) is 0 Å². The number of hydrogen-bond donors (Lipinski definition) is 1. The van der Waals surface area contributed by atoms with Crippen molar-refractivity contribution >= 4 is 0 Å². The molecule has 1 nitrogen and oxygen atoms in total. The van der Waals surface area contributed by atoms with Gasteiger partial charge in [0, 0.05) is 5.54 Å². The van der Waals surface area contributed by atoms with Crippen molar-refractivity contribution in [2.75, 3.05) is 6.54 Å². The zero-order valence-corrected chi connectivity index (χ0v) is 9.24. The van der Waals surface area contributed by atoms with E-state index in [1.54, 1.807) is 0 Å². The van der Waals surface area contributed by atoms with E-state index in [0.29, 0.717) is 5.54 Å². The van der Waals surface area contributed by atoms with Crippen LogP contribution in [0.15, 0.2) is 0 Å². The predicted molar refractivity (Wildman–Crippen MR) is 56.5 cm³/mol. The van der Waals surface area contributed by atoms with Gasteiger partial charge >= 0.3 is 0 Å².